The van der Waals surface area contributed by atoms with Crippen LogP contribution in [0, 0.1) is 10.1 Å². The number of carbonyl (C=O) groups excluding carboxylic acids is 2. The molecule has 1 atom stereocenters. The van der Waals surface area contributed by atoms with Crippen LogP contribution in [0.5, 0.6) is 0 Å². The number of nitrogens with zero attached hydrogens (tertiary/aromatic N) is 2. The third kappa shape index (κ3) is 5.34. The number of carbonyl (C=O) groups is 2. The predicted molar refractivity (Wildman–Crippen MR) is 112 cm³/mol. The van der Waals surface area contributed by atoms with Crippen molar-refractivity contribution in [1.82, 2.24) is 4.90 Å². The lowest BCUT2D eigenvalue weighted by Gasteiger charge is -2.30. The average molecular weight is 411 g/mol. The molecular formula is C22H25N3O5. The Kier molecular flexibility index (Phi) is 7.00. The van der Waals surface area contributed by atoms with Crippen LogP contribution in [0.4, 0.5) is 11.4 Å². The first kappa shape index (κ1) is 21.3. The van der Waals surface area contributed by atoms with Gasteiger partial charge in [0.05, 0.1) is 4.92 Å². The number of fused-ring (bicyclic) bond motifs is 1. The number of rotatable bonds is 8. The number of nitrogens with one attached hydrogen (secondary N) is 1. The number of hydrogen-bond acceptors (Lipinski definition) is 6. The van der Waals surface area contributed by atoms with Crippen molar-refractivity contribution in [2.24, 2.45) is 0 Å². The number of benzene rings is 2. The van der Waals surface area contributed by atoms with Crippen molar-refractivity contribution in [2.75, 3.05) is 18.4 Å². The van der Waals surface area contributed by atoms with Crippen molar-refractivity contribution >= 4 is 23.3 Å². The summed E-state index contributed by atoms with van der Waals surface area (Å²) in [4.78, 5) is 37.0. The molecule has 0 bridgehead atoms. The van der Waals surface area contributed by atoms with Crippen molar-refractivity contribution in [3.63, 3.8) is 0 Å². The Bertz CT molecular complexity index is 930. The Morgan fingerprint density at radius 1 is 1.17 bits per heavy atom. The number of anilines is 1. The molecule has 158 valence electrons. The molecular weight excluding hydrogens is 386 g/mol. The molecule has 8 nitrogen and oxygen atoms in total. The molecule has 0 saturated carbocycles. The summed E-state index contributed by atoms with van der Waals surface area (Å²) in [5, 5.41) is 14.0. The number of nitro benzene ring substituents is 1. The van der Waals surface area contributed by atoms with Gasteiger partial charge in [-0.1, -0.05) is 36.4 Å². The molecule has 0 aliphatic carbocycles. The average Bonchev–Trinajstić information content (AvgIpc) is 2.76. The minimum atomic E-state index is -0.842. The molecule has 0 aromatic heterocycles. The van der Waals surface area contributed by atoms with Gasteiger partial charge in [-0.25, -0.2) is 0 Å². The lowest BCUT2D eigenvalue weighted by Crippen LogP contribution is -2.42. The van der Waals surface area contributed by atoms with Gasteiger partial charge in [0.15, 0.2) is 6.10 Å². The second-order valence-electron chi connectivity index (χ2n) is 7.22. The van der Waals surface area contributed by atoms with Gasteiger partial charge in [-0.2, -0.15) is 0 Å². The molecule has 0 radical (unpaired) electrons. The van der Waals surface area contributed by atoms with E-state index in [1.807, 2.05) is 18.2 Å². The van der Waals surface area contributed by atoms with Crippen LogP contribution in [-0.4, -0.2) is 40.9 Å². The Morgan fingerprint density at radius 3 is 2.63 bits per heavy atom. The molecule has 1 heterocycles. The summed E-state index contributed by atoms with van der Waals surface area (Å²) < 4.78 is 5.30. The second kappa shape index (κ2) is 9.87. The van der Waals surface area contributed by atoms with Gasteiger partial charge in [-0.05, 0) is 37.0 Å². The van der Waals surface area contributed by atoms with Crippen LogP contribution in [0.3, 0.4) is 0 Å². The number of para-hydroxylation sites is 2. The zero-order valence-electron chi connectivity index (χ0n) is 16.9. The Labute approximate surface area is 175 Å². The number of nitro groups is 1. The summed E-state index contributed by atoms with van der Waals surface area (Å²) in [6.07, 6.45) is 0.502. The van der Waals surface area contributed by atoms with E-state index >= 15 is 0 Å². The van der Waals surface area contributed by atoms with Crippen LogP contribution in [0.15, 0.2) is 48.5 Å². The van der Waals surface area contributed by atoms with E-state index in [4.69, 9.17) is 4.74 Å². The van der Waals surface area contributed by atoms with Gasteiger partial charge in [0, 0.05) is 32.1 Å². The van der Waals surface area contributed by atoms with Gasteiger partial charge < -0.3 is 15.0 Å². The van der Waals surface area contributed by atoms with Crippen molar-refractivity contribution in [1.29, 1.82) is 0 Å². The van der Waals surface area contributed by atoms with Gasteiger partial charge in [-0.15, -0.1) is 0 Å². The van der Waals surface area contributed by atoms with E-state index in [9.17, 15) is 19.7 Å². The quantitative estimate of drug-likeness (QED) is 0.309. The van der Waals surface area contributed by atoms with E-state index in [-0.39, 0.29) is 18.0 Å². The molecule has 0 saturated heterocycles. The molecule has 1 aliphatic heterocycles. The molecule has 1 aliphatic rings. The van der Waals surface area contributed by atoms with E-state index in [0.717, 1.165) is 12.0 Å². The minimum Gasteiger partial charge on any atom is -0.453 e. The molecule has 3 rings (SSSR count). The highest BCUT2D eigenvalue weighted by atomic mass is 16.6. The normalized spacial score (nSPS) is 13.8. The van der Waals surface area contributed by atoms with Gasteiger partial charge in [0.1, 0.15) is 5.69 Å². The summed E-state index contributed by atoms with van der Waals surface area (Å²) in [5.41, 5.74) is 2.77. The molecule has 0 fully saturated rings. The Hall–Kier alpha value is -3.42. The summed E-state index contributed by atoms with van der Waals surface area (Å²) in [6, 6.07) is 14.4. The summed E-state index contributed by atoms with van der Waals surface area (Å²) in [5.74, 6) is -0.659. The maximum atomic E-state index is 12.6. The molecule has 30 heavy (non-hydrogen) atoms. The molecule has 0 spiro atoms. The first-order chi connectivity index (χ1) is 14.5. The van der Waals surface area contributed by atoms with Crippen molar-refractivity contribution in [3.8, 4) is 0 Å². The first-order valence-corrected chi connectivity index (χ1v) is 9.98. The van der Waals surface area contributed by atoms with Crippen molar-refractivity contribution in [2.45, 2.75) is 38.8 Å². The van der Waals surface area contributed by atoms with Crippen LogP contribution >= 0.6 is 0 Å². The largest absolute Gasteiger partial charge is 0.453 e. The highest BCUT2D eigenvalue weighted by Crippen LogP contribution is 2.23. The summed E-state index contributed by atoms with van der Waals surface area (Å²) >= 11 is 0. The van der Waals surface area contributed by atoms with Gasteiger partial charge in [0.2, 0.25) is 0 Å². The van der Waals surface area contributed by atoms with Crippen LogP contribution < -0.4 is 5.32 Å². The zero-order chi connectivity index (χ0) is 21.5. The van der Waals surface area contributed by atoms with Gasteiger partial charge >= 0.3 is 5.97 Å². The lowest BCUT2D eigenvalue weighted by atomic mass is 9.99. The van der Waals surface area contributed by atoms with E-state index in [1.165, 1.54) is 11.6 Å². The highest BCUT2D eigenvalue weighted by Gasteiger charge is 2.26. The number of ether oxygens (including phenoxy) is 1. The molecule has 1 amide bonds. The van der Waals surface area contributed by atoms with Crippen LogP contribution in [0.25, 0.3) is 0 Å². The fourth-order valence-corrected chi connectivity index (χ4v) is 3.49. The van der Waals surface area contributed by atoms with E-state index in [1.54, 1.807) is 30.0 Å². The predicted octanol–water partition coefficient (Wildman–Crippen LogP) is 3.30. The Morgan fingerprint density at radius 2 is 1.87 bits per heavy atom. The lowest BCUT2D eigenvalue weighted by molar-refractivity contribution is -0.384. The number of hydrogen-bond donors (Lipinski definition) is 1. The molecule has 0 unspecified atom stereocenters. The molecule has 2 aromatic carbocycles. The monoisotopic (exact) mass is 411 g/mol. The summed E-state index contributed by atoms with van der Waals surface area (Å²) in [6.45, 7) is 3.10. The van der Waals surface area contributed by atoms with Crippen LogP contribution in [-0.2, 0) is 27.3 Å². The number of amides is 1. The van der Waals surface area contributed by atoms with E-state index in [2.05, 4.69) is 11.4 Å². The smallest absolute Gasteiger partial charge is 0.306 e. The SMILES string of the molecule is C[C@H](OC(=O)CCCNc1ccccc1[N+](=O)[O-])C(=O)N1CCc2ccccc2C1. The first-order valence-electron chi connectivity index (χ1n) is 9.98. The molecule has 8 heteroatoms. The maximum absolute atomic E-state index is 12.6. The minimum absolute atomic E-state index is 0.0117. The maximum Gasteiger partial charge on any atom is 0.306 e. The van der Waals surface area contributed by atoms with Crippen LogP contribution in [0.2, 0.25) is 0 Å². The van der Waals surface area contributed by atoms with Crippen molar-refractivity contribution < 1.29 is 19.2 Å². The topological polar surface area (TPSA) is 102 Å². The third-order valence-corrected chi connectivity index (χ3v) is 5.07. The third-order valence-electron chi connectivity index (χ3n) is 5.07. The number of esters is 1. The van der Waals surface area contributed by atoms with Crippen LogP contribution in [0.1, 0.15) is 30.9 Å². The summed E-state index contributed by atoms with van der Waals surface area (Å²) in [7, 11) is 0. The zero-order valence-corrected chi connectivity index (χ0v) is 16.9. The molecule has 1 N–H and O–H groups in total. The second-order valence-corrected chi connectivity index (χ2v) is 7.22. The standard InChI is InChI=1S/C22H25N3O5/c1-16(22(27)24-14-12-17-7-2-3-8-18(17)15-24)30-21(26)11-6-13-23-19-9-4-5-10-20(19)25(28)29/h2-5,7-10,16,23H,6,11-15H2,1H3/t16-/m0/s1. The fraction of sp³-hybridized carbons (Fsp3) is 0.364. The van der Waals surface area contributed by atoms with Gasteiger partial charge in [0.25, 0.3) is 11.6 Å². The van der Waals surface area contributed by atoms with E-state index in [0.29, 0.717) is 31.7 Å². The Balaban J connectivity index is 1.42. The van der Waals surface area contributed by atoms with Gasteiger partial charge in [-0.3, -0.25) is 19.7 Å². The fourth-order valence-electron chi connectivity index (χ4n) is 3.49. The highest BCUT2D eigenvalue weighted by molar-refractivity contribution is 5.83. The molecule has 2 aromatic rings. The van der Waals surface area contributed by atoms with Crippen molar-refractivity contribution in [3.05, 3.63) is 69.8 Å². The van der Waals surface area contributed by atoms with E-state index < -0.39 is 17.0 Å².